The van der Waals surface area contributed by atoms with Crippen molar-refractivity contribution in [1.29, 1.82) is 0 Å². The van der Waals surface area contributed by atoms with Crippen LogP contribution in [0, 0.1) is 0 Å². The highest BCUT2D eigenvalue weighted by atomic mass is 16.3. The summed E-state index contributed by atoms with van der Waals surface area (Å²) >= 11 is 0. The molecule has 6 rings (SSSR count). The number of carbonyl (C=O) groups excluding carboxylic acids is 1. The summed E-state index contributed by atoms with van der Waals surface area (Å²) in [6.07, 6.45) is 5.74. The summed E-state index contributed by atoms with van der Waals surface area (Å²) in [4.78, 5) is 20.1. The van der Waals surface area contributed by atoms with Crippen LogP contribution in [-0.2, 0) is 0 Å². The molecule has 0 spiro atoms. The van der Waals surface area contributed by atoms with E-state index in [1.54, 1.807) is 10.9 Å². The zero-order valence-corrected chi connectivity index (χ0v) is 17.6. The van der Waals surface area contributed by atoms with Crippen LogP contribution in [0.1, 0.15) is 59.7 Å². The van der Waals surface area contributed by atoms with Crippen molar-refractivity contribution in [2.45, 2.75) is 37.5 Å². The third-order valence-electron chi connectivity index (χ3n) is 6.33. The van der Waals surface area contributed by atoms with Crippen LogP contribution in [0.2, 0.25) is 0 Å². The van der Waals surface area contributed by atoms with Gasteiger partial charge in [-0.25, -0.2) is 9.67 Å². The lowest BCUT2D eigenvalue weighted by atomic mass is 9.96. The highest BCUT2D eigenvalue weighted by Crippen LogP contribution is 2.38. The van der Waals surface area contributed by atoms with Gasteiger partial charge >= 0.3 is 0 Å². The Morgan fingerprint density at radius 1 is 1.00 bits per heavy atom. The van der Waals surface area contributed by atoms with Crippen LogP contribution in [0.4, 0.5) is 0 Å². The van der Waals surface area contributed by atoms with Gasteiger partial charge in [0.25, 0.3) is 5.91 Å². The van der Waals surface area contributed by atoms with Gasteiger partial charge in [0.15, 0.2) is 11.6 Å². The summed E-state index contributed by atoms with van der Waals surface area (Å²) in [5.41, 5.74) is 2.03. The Kier molecular flexibility index (Phi) is 4.63. The number of H-pyrrole nitrogens is 1. The van der Waals surface area contributed by atoms with Crippen molar-refractivity contribution in [3.63, 3.8) is 0 Å². The molecule has 1 saturated carbocycles. The lowest BCUT2D eigenvalue weighted by molar-refractivity contribution is 0.0702. The molecule has 1 aliphatic heterocycles. The molecule has 0 radical (unpaired) electrons. The Morgan fingerprint density at radius 3 is 2.53 bits per heavy atom. The van der Waals surface area contributed by atoms with Crippen LogP contribution in [0.5, 0.6) is 0 Å². The molecule has 162 valence electrons. The fourth-order valence-electron chi connectivity index (χ4n) is 4.36. The number of benzene rings is 1. The minimum absolute atomic E-state index is 0.0196. The highest BCUT2D eigenvalue weighted by Gasteiger charge is 2.32. The van der Waals surface area contributed by atoms with Crippen molar-refractivity contribution < 1.29 is 9.21 Å². The van der Waals surface area contributed by atoms with E-state index in [9.17, 15) is 4.79 Å². The van der Waals surface area contributed by atoms with Crippen LogP contribution in [0.3, 0.4) is 0 Å². The number of nitrogens with zero attached hydrogens (tertiary/aromatic N) is 5. The van der Waals surface area contributed by atoms with Crippen molar-refractivity contribution in [2.24, 2.45) is 0 Å². The van der Waals surface area contributed by atoms with Crippen molar-refractivity contribution in [3.05, 3.63) is 72.1 Å². The molecule has 1 saturated heterocycles. The second kappa shape index (κ2) is 7.78. The van der Waals surface area contributed by atoms with Crippen LogP contribution in [-0.4, -0.2) is 48.9 Å². The van der Waals surface area contributed by atoms with Gasteiger partial charge in [-0.2, -0.15) is 10.2 Å². The topological polar surface area (TPSA) is 92.8 Å². The number of aromatic amines is 1. The predicted octanol–water partition coefficient (Wildman–Crippen LogP) is 4.15. The summed E-state index contributed by atoms with van der Waals surface area (Å²) in [6.45, 7) is 1.36. The van der Waals surface area contributed by atoms with E-state index in [0.717, 1.165) is 30.2 Å². The molecule has 32 heavy (non-hydrogen) atoms. The molecule has 2 aliphatic rings. The van der Waals surface area contributed by atoms with Crippen molar-refractivity contribution >= 4 is 5.91 Å². The number of aromatic nitrogens is 5. The van der Waals surface area contributed by atoms with E-state index in [4.69, 9.17) is 9.40 Å². The minimum atomic E-state index is -0.0196. The van der Waals surface area contributed by atoms with Gasteiger partial charge in [-0.05, 0) is 49.9 Å². The fraction of sp³-hybridized carbons (Fsp3) is 0.333. The lowest BCUT2D eigenvalue weighted by Crippen LogP contribution is -2.39. The maximum Gasteiger partial charge on any atom is 0.272 e. The second-order valence-corrected chi connectivity index (χ2v) is 8.56. The van der Waals surface area contributed by atoms with E-state index in [0.29, 0.717) is 42.1 Å². The highest BCUT2D eigenvalue weighted by molar-refractivity contribution is 5.94. The maximum atomic E-state index is 13.5. The first-order valence-corrected chi connectivity index (χ1v) is 11.2. The zero-order chi connectivity index (χ0) is 21.5. The number of nitrogens with one attached hydrogen (secondary N) is 1. The Labute approximate surface area is 185 Å². The Balaban J connectivity index is 1.23. The molecule has 0 bridgehead atoms. The van der Waals surface area contributed by atoms with E-state index in [2.05, 4.69) is 15.3 Å². The molecule has 1 N–H and O–H groups in total. The summed E-state index contributed by atoms with van der Waals surface area (Å²) in [7, 11) is 0. The average Bonchev–Trinajstić information content (AvgIpc) is 3.26. The summed E-state index contributed by atoms with van der Waals surface area (Å²) in [6, 6.07) is 15.2. The van der Waals surface area contributed by atoms with Gasteiger partial charge in [-0.15, -0.1) is 0 Å². The number of carbonyl (C=O) groups is 1. The number of rotatable bonds is 5. The third-order valence-corrected chi connectivity index (χ3v) is 6.33. The first-order valence-electron chi connectivity index (χ1n) is 11.2. The number of hydrogen-bond donors (Lipinski definition) is 1. The first kappa shape index (κ1) is 19.0. The number of furan rings is 1. The molecule has 0 atom stereocenters. The van der Waals surface area contributed by atoms with Gasteiger partial charge < -0.3 is 9.32 Å². The van der Waals surface area contributed by atoms with Crippen LogP contribution < -0.4 is 0 Å². The lowest BCUT2D eigenvalue weighted by Gasteiger charge is -2.31. The smallest absolute Gasteiger partial charge is 0.272 e. The van der Waals surface area contributed by atoms with Crippen LogP contribution >= 0.6 is 0 Å². The van der Waals surface area contributed by atoms with Crippen LogP contribution in [0.15, 0.2) is 59.2 Å². The number of hydrogen-bond acceptors (Lipinski definition) is 5. The summed E-state index contributed by atoms with van der Waals surface area (Å²) < 4.78 is 7.23. The largest absolute Gasteiger partial charge is 0.463 e. The van der Waals surface area contributed by atoms with Gasteiger partial charge in [-0.1, -0.05) is 18.2 Å². The predicted molar refractivity (Wildman–Crippen MR) is 118 cm³/mol. The van der Waals surface area contributed by atoms with E-state index in [-0.39, 0.29) is 5.91 Å². The number of likely N-dealkylation sites (tertiary alicyclic amines) is 1. The van der Waals surface area contributed by atoms with E-state index >= 15 is 0 Å². The molecule has 3 aromatic heterocycles. The molecule has 4 heterocycles. The Morgan fingerprint density at radius 2 is 1.81 bits per heavy atom. The standard InChI is InChI=1S/C24H24N6O2/c31-24(29-12-10-17(11-13-29)23-25-22(26-27-23)16-8-9-16)20-15-19(21-7-4-14-32-21)28-30(20)18-5-2-1-3-6-18/h1-7,14-17H,8-13H2,(H,25,26,27). The van der Waals surface area contributed by atoms with E-state index in [1.807, 2.05) is 53.4 Å². The average molecular weight is 428 g/mol. The number of para-hydroxylation sites is 1. The number of piperidine rings is 1. The summed E-state index contributed by atoms with van der Waals surface area (Å²) in [5.74, 6) is 3.40. The normalized spacial score (nSPS) is 17.1. The van der Waals surface area contributed by atoms with E-state index < -0.39 is 0 Å². The quantitative estimate of drug-likeness (QED) is 0.516. The van der Waals surface area contributed by atoms with Gasteiger partial charge in [0.1, 0.15) is 17.2 Å². The second-order valence-electron chi connectivity index (χ2n) is 8.56. The van der Waals surface area contributed by atoms with Gasteiger partial charge in [0.05, 0.1) is 12.0 Å². The molecule has 4 aromatic rings. The molecular weight excluding hydrogens is 404 g/mol. The fourth-order valence-corrected chi connectivity index (χ4v) is 4.36. The van der Waals surface area contributed by atoms with Crippen molar-refractivity contribution in [1.82, 2.24) is 29.9 Å². The molecule has 1 amide bonds. The molecule has 8 heteroatoms. The molecular formula is C24H24N6O2. The third kappa shape index (κ3) is 3.51. The first-order chi connectivity index (χ1) is 15.8. The monoisotopic (exact) mass is 428 g/mol. The van der Waals surface area contributed by atoms with Gasteiger partial charge in [0, 0.05) is 31.0 Å². The summed E-state index contributed by atoms with van der Waals surface area (Å²) in [5, 5.41) is 12.2. The minimum Gasteiger partial charge on any atom is -0.463 e. The SMILES string of the molecule is O=C(c1cc(-c2ccco2)nn1-c1ccccc1)N1CCC(c2nc(C3CC3)n[nH]2)CC1. The van der Waals surface area contributed by atoms with Crippen molar-refractivity contribution in [2.75, 3.05) is 13.1 Å². The van der Waals surface area contributed by atoms with E-state index in [1.165, 1.54) is 12.8 Å². The van der Waals surface area contributed by atoms with Gasteiger partial charge in [-0.3, -0.25) is 9.89 Å². The molecule has 2 fully saturated rings. The molecule has 1 aliphatic carbocycles. The molecule has 8 nitrogen and oxygen atoms in total. The van der Waals surface area contributed by atoms with Crippen molar-refractivity contribution in [3.8, 4) is 17.1 Å². The molecule has 0 unspecified atom stereocenters. The van der Waals surface area contributed by atoms with Gasteiger partial charge in [0.2, 0.25) is 0 Å². The Hall–Kier alpha value is -3.68. The van der Waals surface area contributed by atoms with Crippen LogP contribution in [0.25, 0.3) is 17.1 Å². The maximum absolute atomic E-state index is 13.5. The number of amides is 1. The zero-order valence-electron chi connectivity index (χ0n) is 17.6. The molecule has 1 aromatic carbocycles. The Bertz CT molecular complexity index is 1210.